The maximum atomic E-state index is 12.9. The highest BCUT2D eigenvalue weighted by atomic mass is 79.9. The second kappa shape index (κ2) is 7.58. The second-order valence-corrected chi connectivity index (χ2v) is 7.44. The molecule has 134 valence electrons. The summed E-state index contributed by atoms with van der Waals surface area (Å²) in [5, 5.41) is 14.4. The summed E-state index contributed by atoms with van der Waals surface area (Å²) in [5.74, 6) is -0.0859. The van der Waals surface area contributed by atoms with Crippen molar-refractivity contribution in [2.24, 2.45) is 7.05 Å². The maximum Gasteiger partial charge on any atom is 0.257 e. The minimum atomic E-state index is -0.106. The first kappa shape index (κ1) is 17.9. The van der Waals surface area contributed by atoms with E-state index in [0.29, 0.717) is 23.1 Å². The fraction of sp³-hybridized carbons (Fsp3) is 0.444. The zero-order chi connectivity index (χ0) is 18.0. The van der Waals surface area contributed by atoms with E-state index in [1.165, 1.54) is 5.56 Å². The highest BCUT2D eigenvalue weighted by Crippen LogP contribution is 2.30. The summed E-state index contributed by atoms with van der Waals surface area (Å²) in [6, 6.07) is 3.56. The summed E-state index contributed by atoms with van der Waals surface area (Å²) in [5.41, 5.74) is 2.50. The molecular weight excluding hydrogens is 384 g/mol. The summed E-state index contributed by atoms with van der Waals surface area (Å²) in [4.78, 5) is 17.0. The van der Waals surface area contributed by atoms with Gasteiger partial charge in [0.1, 0.15) is 5.75 Å². The lowest BCUT2D eigenvalue weighted by molar-refractivity contribution is 0.0758. The van der Waals surface area contributed by atoms with Crippen LogP contribution < -0.4 is 0 Å². The molecule has 1 fully saturated rings. The van der Waals surface area contributed by atoms with Gasteiger partial charge in [0.2, 0.25) is 0 Å². The van der Waals surface area contributed by atoms with Gasteiger partial charge in [0.05, 0.1) is 16.2 Å². The molecule has 6 nitrogen and oxygen atoms in total. The van der Waals surface area contributed by atoms with Gasteiger partial charge in [0.15, 0.2) is 0 Å². The van der Waals surface area contributed by atoms with Gasteiger partial charge in [-0.15, -0.1) is 0 Å². The standard InChI is InChI=1S/C18H23BrN4O2/c1-13-8-15(17(24)16(19)9-13)18(25)23-5-3-4-22(6-7-23)12-14-10-20-21(2)11-14/h8-11,24H,3-7,12H2,1-2H3. The molecule has 1 aliphatic rings. The molecule has 1 amide bonds. The first-order chi connectivity index (χ1) is 11.9. The third-order valence-electron chi connectivity index (χ3n) is 4.48. The fourth-order valence-corrected chi connectivity index (χ4v) is 3.79. The van der Waals surface area contributed by atoms with Crippen molar-refractivity contribution in [3.8, 4) is 5.75 Å². The van der Waals surface area contributed by atoms with Crippen LogP contribution in [0.3, 0.4) is 0 Å². The Labute approximate surface area is 156 Å². The molecule has 25 heavy (non-hydrogen) atoms. The summed E-state index contributed by atoms with van der Waals surface area (Å²) in [7, 11) is 1.92. The van der Waals surface area contributed by atoms with Crippen LogP contribution >= 0.6 is 15.9 Å². The summed E-state index contributed by atoms with van der Waals surface area (Å²) < 4.78 is 2.37. The number of rotatable bonds is 3. The van der Waals surface area contributed by atoms with E-state index in [2.05, 4.69) is 25.9 Å². The van der Waals surface area contributed by atoms with Crippen molar-refractivity contribution in [1.29, 1.82) is 0 Å². The van der Waals surface area contributed by atoms with Crippen LogP contribution in [0, 0.1) is 6.92 Å². The fourth-order valence-electron chi connectivity index (χ4n) is 3.21. The third-order valence-corrected chi connectivity index (χ3v) is 5.08. The van der Waals surface area contributed by atoms with E-state index < -0.39 is 0 Å². The molecular formula is C18H23BrN4O2. The smallest absolute Gasteiger partial charge is 0.257 e. The molecule has 1 saturated heterocycles. The van der Waals surface area contributed by atoms with Crippen molar-refractivity contribution >= 4 is 21.8 Å². The molecule has 3 rings (SSSR count). The monoisotopic (exact) mass is 406 g/mol. The van der Waals surface area contributed by atoms with Crippen molar-refractivity contribution in [2.75, 3.05) is 26.2 Å². The molecule has 0 radical (unpaired) electrons. The quantitative estimate of drug-likeness (QED) is 0.850. The molecule has 1 aliphatic heterocycles. The molecule has 0 unspecified atom stereocenters. The number of carbonyl (C=O) groups excluding carboxylic acids is 1. The van der Waals surface area contributed by atoms with E-state index in [0.717, 1.165) is 31.6 Å². The predicted octanol–water partition coefficient (Wildman–Crippen LogP) is 2.54. The van der Waals surface area contributed by atoms with Crippen LogP contribution in [-0.4, -0.2) is 56.8 Å². The van der Waals surface area contributed by atoms with Crippen LogP contribution in [0.5, 0.6) is 5.75 Å². The van der Waals surface area contributed by atoms with Crippen molar-refractivity contribution in [3.05, 3.63) is 45.7 Å². The van der Waals surface area contributed by atoms with Crippen LogP contribution in [0.2, 0.25) is 0 Å². The Hall–Kier alpha value is -1.86. The number of benzene rings is 1. The van der Waals surface area contributed by atoms with Gasteiger partial charge in [-0.1, -0.05) is 0 Å². The Kier molecular flexibility index (Phi) is 5.44. The zero-order valence-electron chi connectivity index (χ0n) is 14.6. The van der Waals surface area contributed by atoms with E-state index in [1.807, 2.05) is 37.3 Å². The van der Waals surface area contributed by atoms with Crippen molar-refractivity contribution < 1.29 is 9.90 Å². The topological polar surface area (TPSA) is 61.6 Å². The number of phenolic OH excluding ortho intramolecular Hbond substituents is 1. The van der Waals surface area contributed by atoms with Gasteiger partial charge in [-0.2, -0.15) is 5.10 Å². The van der Waals surface area contributed by atoms with Crippen LogP contribution in [0.4, 0.5) is 0 Å². The molecule has 7 heteroatoms. The van der Waals surface area contributed by atoms with Gasteiger partial charge in [0, 0.05) is 51.5 Å². The number of nitrogens with zero attached hydrogens (tertiary/aromatic N) is 4. The number of phenols is 1. The van der Waals surface area contributed by atoms with Crippen molar-refractivity contribution in [3.63, 3.8) is 0 Å². The number of carbonyl (C=O) groups is 1. The van der Waals surface area contributed by atoms with Crippen LogP contribution in [0.1, 0.15) is 27.9 Å². The molecule has 1 aromatic heterocycles. The highest BCUT2D eigenvalue weighted by molar-refractivity contribution is 9.10. The van der Waals surface area contributed by atoms with Crippen molar-refractivity contribution in [1.82, 2.24) is 19.6 Å². The normalized spacial score (nSPS) is 16.0. The lowest BCUT2D eigenvalue weighted by Crippen LogP contribution is -2.35. The van der Waals surface area contributed by atoms with Gasteiger partial charge < -0.3 is 10.0 Å². The molecule has 0 atom stereocenters. The molecule has 2 heterocycles. The molecule has 0 spiro atoms. The molecule has 1 N–H and O–H groups in total. The van der Waals surface area contributed by atoms with Gasteiger partial charge in [0.25, 0.3) is 5.91 Å². The number of hydrogen-bond donors (Lipinski definition) is 1. The highest BCUT2D eigenvalue weighted by Gasteiger charge is 2.23. The Morgan fingerprint density at radius 2 is 2.08 bits per heavy atom. The summed E-state index contributed by atoms with van der Waals surface area (Å²) in [6.45, 7) is 5.88. The minimum absolute atomic E-state index is 0.0204. The van der Waals surface area contributed by atoms with E-state index in [4.69, 9.17) is 0 Å². The van der Waals surface area contributed by atoms with Crippen LogP contribution in [-0.2, 0) is 13.6 Å². The Balaban J connectivity index is 1.67. The van der Waals surface area contributed by atoms with Gasteiger partial charge in [-0.3, -0.25) is 14.4 Å². The number of hydrogen-bond acceptors (Lipinski definition) is 4. The maximum absolute atomic E-state index is 12.9. The first-order valence-electron chi connectivity index (χ1n) is 8.42. The van der Waals surface area contributed by atoms with E-state index in [1.54, 1.807) is 10.7 Å². The van der Waals surface area contributed by atoms with Gasteiger partial charge in [-0.05, 0) is 47.0 Å². The number of aryl methyl sites for hydroxylation is 2. The Morgan fingerprint density at radius 3 is 2.80 bits per heavy atom. The number of aromatic hydroxyl groups is 1. The van der Waals surface area contributed by atoms with Gasteiger partial charge in [-0.25, -0.2) is 0 Å². The molecule has 0 bridgehead atoms. The first-order valence-corrected chi connectivity index (χ1v) is 9.21. The molecule has 0 aliphatic carbocycles. The Bertz CT molecular complexity index is 774. The SMILES string of the molecule is Cc1cc(Br)c(O)c(C(=O)N2CCCN(Cc3cnn(C)c3)CC2)c1. The minimum Gasteiger partial charge on any atom is -0.506 e. The van der Waals surface area contributed by atoms with E-state index in [-0.39, 0.29) is 11.7 Å². The van der Waals surface area contributed by atoms with Crippen molar-refractivity contribution in [2.45, 2.75) is 19.9 Å². The predicted molar refractivity (Wildman–Crippen MR) is 99.5 cm³/mol. The second-order valence-electron chi connectivity index (χ2n) is 6.59. The average Bonchev–Trinajstić information content (AvgIpc) is 2.83. The summed E-state index contributed by atoms with van der Waals surface area (Å²) in [6.07, 6.45) is 4.83. The van der Waals surface area contributed by atoms with Crippen LogP contribution in [0.15, 0.2) is 29.0 Å². The number of amides is 1. The summed E-state index contributed by atoms with van der Waals surface area (Å²) >= 11 is 3.32. The average molecular weight is 407 g/mol. The number of halogens is 1. The zero-order valence-corrected chi connectivity index (χ0v) is 16.2. The lowest BCUT2D eigenvalue weighted by atomic mass is 10.1. The lowest BCUT2D eigenvalue weighted by Gasteiger charge is -2.22. The molecule has 0 saturated carbocycles. The largest absolute Gasteiger partial charge is 0.506 e. The third kappa shape index (κ3) is 4.22. The van der Waals surface area contributed by atoms with Crippen LogP contribution in [0.25, 0.3) is 0 Å². The molecule has 1 aromatic carbocycles. The van der Waals surface area contributed by atoms with E-state index in [9.17, 15) is 9.90 Å². The van der Waals surface area contributed by atoms with E-state index >= 15 is 0 Å². The van der Waals surface area contributed by atoms with Gasteiger partial charge >= 0.3 is 0 Å². The molecule has 2 aromatic rings. The Morgan fingerprint density at radius 1 is 1.28 bits per heavy atom. The number of aromatic nitrogens is 2.